The molecule has 0 bridgehead atoms. The minimum atomic E-state index is 0.0350. The number of rotatable bonds is 3. The van der Waals surface area contributed by atoms with Gasteiger partial charge in [-0.15, -0.1) is 0 Å². The lowest BCUT2D eigenvalue weighted by molar-refractivity contribution is 0.0791. The summed E-state index contributed by atoms with van der Waals surface area (Å²) < 4.78 is 5.43. The Labute approximate surface area is 130 Å². The van der Waals surface area contributed by atoms with E-state index in [1.807, 2.05) is 53.4 Å². The third-order valence-corrected chi connectivity index (χ3v) is 4.04. The van der Waals surface area contributed by atoms with Crippen molar-refractivity contribution in [3.8, 4) is 16.9 Å². The molecule has 1 aliphatic rings. The predicted octanol–water partition coefficient (Wildman–Crippen LogP) is 2.54. The Morgan fingerprint density at radius 2 is 2.00 bits per heavy atom. The van der Waals surface area contributed by atoms with Gasteiger partial charge in [-0.2, -0.15) is 0 Å². The maximum Gasteiger partial charge on any atom is 0.253 e. The van der Waals surface area contributed by atoms with Crippen molar-refractivity contribution in [2.45, 2.75) is 12.5 Å². The molecule has 0 aromatic heterocycles. The van der Waals surface area contributed by atoms with Crippen molar-refractivity contribution in [2.75, 3.05) is 20.2 Å². The maximum absolute atomic E-state index is 12.6. The third-order valence-electron chi connectivity index (χ3n) is 4.04. The average Bonchev–Trinajstić information content (AvgIpc) is 3.01. The molecule has 0 spiro atoms. The summed E-state index contributed by atoms with van der Waals surface area (Å²) in [5, 5.41) is 0. The molecule has 1 amide bonds. The lowest BCUT2D eigenvalue weighted by Crippen LogP contribution is -2.31. The first-order valence-electron chi connectivity index (χ1n) is 7.47. The molecule has 0 radical (unpaired) electrons. The number of nitrogens with zero attached hydrogens (tertiary/aromatic N) is 1. The van der Waals surface area contributed by atoms with E-state index in [1.165, 1.54) is 0 Å². The number of methoxy groups -OCH3 is 1. The van der Waals surface area contributed by atoms with Crippen molar-refractivity contribution >= 4 is 5.91 Å². The molecular formula is C18H20N2O2. The minimum Gasteiger partial charge on any atom is -0.496 e. The largest absolute Gasteiger partial charge is 0.496 e. The molecule has 4 heteroatoms. The van der Waals surface area contributed by atoms with Gasteiger partial charge in [0.15, 0.2) is 0 Å². The predicted molar refractivity (Wildman–Crippen MR) is 86.9 cm³/mol. The molecule has 2 aromatic rings. The van der Waals surface area contributed by atoms with Crippen LogP contribution in [0, 0.1) is 0 Å². The SMILES string of the molecule is COc1ccc(C(=O)N2CC[C@@H](N)C2)cc1-c1ccccc1. The number of amides is 1. The van der Waals surface area contributed by atoms with Gasteiger partial charge in [-0.05, 0) is 30.2 Å². The van der Waals surface area contributed by atoms with Crippen molar-refractivity contribution in [2.24, 2.45) is 5.73 Å². The molecule has 3 rings (SSSR count). The lowest BCUT2D eigenvalue weighted by Gasteiger charge is -2.17. The molecule has 2 N–H and O–H groups in total. The van der Waals surface area contributed by atoms with Gasteiger partial charge in [-0.1, -0.05) is 30.3 Å². The fourth-order valence-corrected chi connectivity index (χ4v) is 2.84. The van der Waals surface area contributed by atoms with Crippen LogP contribution in [0.1, 0.15) is 16.8 Å². The summed E-state index contributed by atoms with van der Waals surface area (Å²) in [6.45, 7) is 1.36. The van der Waals surface area contributed by atoms with Crippen LogP contribution in [0.25, 0.3) is 11.1 Å². The number of ether oxygens (including phenoxy) is 1. The Morgan fingerprint density at radius 1 is 1.23 bits per heavy atom. The molecule has 1 aliphatic heterocycles. The smallest absolute Gasteiger partial charge is 0.253 e. The second-order valence-electron chi connectivity index (χ2n) is 5.58. The second kappa shape index (κ2) is 6.20. The monoisotopic (exact) mass is 296 g/mol. The van der Waals surface area contributed by atoms with Crippen LogP contribution in [0.3, 0.4) is 0 Å². The van der Waals surface area contributed by atoms with E-state index in [2.05, 4.69) is 0 Å². The minimum absolute atomic E-state index is 0.0350. The van der Waals surface area contributed by atoms with Crippen LogP contribution < -0.4 is 10.5 Å². The van der Waals surface area contributed by atoms with Crippen molar-refractivity contribution in [1.82, 2.24) is 4.90 Å². The number of hydrogen-bond donors (Lipinski definition) is 1. The van der Waals surface area contributed by atoms with E-state index in [-0.39, 0.29) is 11.9 Å². The highest BCUT2D eigenvalue weighted by molar-refractivity contribution is 5.96. The highest BCUT2D eigenvalue weighted by atomic mass is 16.5. The van der Waals surface area contributed by atoms with E-state index in [1.54, 1.807) is 7.11 Å². The van der Waals surface area contributed by atoms with Gasteiger partial charge in [0.1, 0.15) is 5.75 Å². The molecule has 2 aromatic carbocycles. The Kier molecular flexibility index (Phi) is 4.11. The molecule has 1 atom stereocenters. The Balaban J connectivity index is 1.95. The lowest BCUT2D eigenvalue weighted by atomic mass is 10.0. The van der Waals surface area contributed by atoms with Crippen LogP contribution >= 0.6 is 0 Å². The third kappa shape index (κ3) is 2.83. The number of carbonyl (C=O) groups excluding carboxylic acids is 1. The van der Waals surface area contributed by atoms with E-state index in [0.717, 1.165) is 29.8 Å². The van der Waals surface area contributed by atoms with E-state index < -0.39 is 0 Å². The Hall–Kier alpha value is -2.33. The summed E-state index contributed by atoms with van der Waals surface area (Å²) in [7, 11) is 1.64. The van der Waals surface area contributed by atoms with Crippen molar-refractivity contribution < 1.29 is 9.53 Å². The molecule has 1 saturated heterocycles. The molecule has 0 unspecified atom stereocenters. The highest BCUT2D eigenvalue weighted by Crippen LogP contribution is 2.31. The zero-order valence-electron chi connectivity index (χ0n) is 12.7. The summed E-state index contributed by atoms with van der Waals surface area (Å²) >= 11 is 0. The fourth-order valence-electron chi connectivity index (χ4n) is 2.84. The van der Waals surface area contributed by atoms with Crippen molar-refractivity contribution in [3.63, 3.8) is 0 Å². The van der Waals surface area contributed by atoms with E-state index in [0.29, 0.717) is 12.1 Å². The van der Waals surface area contributed by atoms with Crippen LogP contribution in [-0.2, 0) is 0 Å². The normalized spacial score (nSPS) is 17.5. The highest BCUT2D eigenvalue weighted by Gasteiger charge is 2.25. The van der Waals surface area contributed by atoms with E-state index in [9.17, 15) is 4.79 Å². The quantitative estimate of drug-likeness (QED) is 0.947. The second-order valence-corrected chi connectivity index (χ2v) is 5.58. The van der Waals surface area contributed by atoms with Gasteiger partial charge >= 0.3 is 0 Å². The van der Waals surface area contributed by atoms with Gasteiger partial charge in [-0.25, -0.2) is 0 Å². The van der Waals surface area contributed by atoms with Crippen LogP contribution in [0.2, 0.25) is 0 Å². The molecule has 1 heterocycles. The van der Waals surface area contributed by atoms with Crippen molar-refractivity contribution in [1.29, 1.82) is 0 Å². The van der Waals surface area contributed by atoms with Crippen LogP contribution in [0.5, 0.6) is 5.75 Å². The molecule has 4 nitrogen and oxygen atoms in total. The Bertz CT molecular complexity index is 670. The Morgan fingerprint density at radius 3 is 2.64 bits per heavy atom. The molecule has 1 fully saturated rings. The van der Waals surface area contributed by atoms with E-state index >= 15 is 0 Å². The van der Waals surface area contributed by atoms with Crippen molar-refractivity contribution in [3.05, 3.63) is 54.1 Å². The summed E-state index contributed by atoms with van der Waals surface area (Å²) in [6.07, 6.45) is 0.868. The number of nitrogens with two attached hydrogens (primary N) is 1. The zero-order valence-corrected chi connectivity index (χ0v) is 12.7. The summed E-state index contributed by atoms with van der Waals surface area (Å²) in [6, 6.07) is 15.6. The molecule has 22 heavy (non-hydrogen) atoms. The van der Waals surface area contributed by atoms with Crippen LogP contribution in [0.15, 0.2) is 48.5 Å². The first kappa shape index (κ1) is 14.6. The molecule has 0 aliphatic carbocycles. The summed E-state index contributed by atoms with van der Waals surface area (Å²) in [5.74, 6) is 0.800. The van der Waals surface area contributed by atoms with Crippen LogP contribution in [0.4, 0.5) is 0 Å². The van der Waals surface area contributed by atoms with Gasteiger partial charge in [0.05, 0.1) is 7.11 Å². The molecular weight excluding hydrogens is 276 g/mol. The zero-order chi connectivity index (χ0) is 15.5. The maximum atomic E-state index is 12.6. The summed E-state index contributed by atoms with van der Waals surface area (Å²) in [5.41, 5.74) is 8.53. The van der Waals surface area contributed by atoms with Gasteiger partial charge in [0.25, 0.3) is 5.91 Å². The fraction of sp³-hybridized carbons (Fsp3) is 0.278. The van der Waals surface area contributed by atoms with Gasteiger partial charge in [0, 0.05) is 30.3 Å². The van der Waals surface area contributed by atoms with Gasteiger partial charge < -0.3 is 15.4 Å². The number of likely N-dealkylation sites (tertiary alicyclic amines) is 1. The first-order chi connectivity index (χ1) is 10.7. The van der Waals surface area contributed by atoms with Gasteiger partial charge in [0.2, 0.25) is 0 Å². The standard InChI is InChI=1S/C18H20N2O2/c1-22-17-8-7-14(18(21)20-10-9-15(19)12-20)11-16(17)13-5-3-2-4-6-13/h2-8,11,15H,9-10,12,19H2,1H3/t15-/m1/s1. The molecule has 0 saturated carbocycles. The van der Waals surface area contributed by atoms with Crippen LogP contribution in [-0.4, -0.2) is 37.0 Å². The number of hydrogen-bond acceptors (Lipinski definition) is 3. The average molecular weight is 296 g/mol. The number of benzene rings is 2. The number of carbonyl (C=O) groups is 1. The topological polar surface area (TPSA) is 55.6 Å². The molecule has 114 valence electrons. The van der Waals surface area contributed by atoms with E-state index in [4.69, 9.17) is 10.5 Å². The summed E-state index contributed by atoms with van der Waals surface area (Å²) in [4.78, 5) is 14.4. The van der Waals surface area contributed by atoms with Gasteiger partial charge in [-0.3, -0.25) is 4.79 Å². The first-order valence-corrected chi connectivity index (χ1v) is 7.47.